The summed E-state index contributed by atoms with van der Waals surface area (Å²) in [6.45, 7) is 6.97. The molecule has 5 heteroatoms. The van der Waals surface area contributed by atoms with Gasteiger partial charge in [-0.1, -0.05) is 37.0 Å². The van der Waals surface area contributed by atoms with E-state index in [1.807, 2.05) is 13.8 Å². The second-order valence-corrected chi connectivity index (χ2v) is 6.77. The van der Waals surface area contributed by atoms with Crippen molar-refractivity contribution in [1.82, 2.24) is 5.32 Å². The fourth-order valence-electron chi connectivity index (χ4n) is 1.89. The third kappa shape index (κ3) is 3.95. The van der Waals surface area contributed by atoms with Gasteiger partial charge < -0.3 is 5.32 Å². The molecule has 0 aliphatic rings. The Morgan fingerprint density at radius 1 is 1.33 bits per heavy atom. The largest absolute Gasteiger partial charge is 0.313 e. The van der Waals surface area contributed by atoms with E-state index in [1.54, 1.807) is 18.2 Å². The highest BCUT2D eigenvalue weighted by molar-refractivity contribution is 7.85. The molecule has 1 aromatic carbocycles. The molecule has 0 spiro atoms. The predicted octanol–water partition coefficient (Wildman–Crippen LogP) is 3.88. The van der Waals surface area contributed by atoms with Gasteiger partial charge in [0, 0.05) is 11.1 Å². The van der Waals surface area contributed by atoms with Gasteiger partial charge in [-0.25, -0.2) is 0 Å². The number of rotatable bonds is 6. The minimum Gasteiger partial charge on any atom is -0.313 e. The summed E-state index contributed by atoms with van der Waals surface area (Å²) < 4.78 is 12.5. The highest BCUT2D eigenvalue weighted by Gasteiger charge is 2.23. The molecule has 0 amide bonds. The Labute approximate surface area is 122 Å². The molecule has 1 aromatic rings. The van der Waals surface area contributed by atoms with Crippen LogP contribution in [0.25, 0.3) is 0 Å². The molecule has 0 radical (unpaired) electrons. The SMILES string of the molecule is CCNC(CC)C(C)S(=O)c1cc(Cl)ccc1Cl. The number of hydrogen-bond donors (Lipinski definition) is 1. The quantitative estimate of drug-likeness (QED) is 0.864. The number of nitrogens with one attached hydrogen (secondary N) is 1. The average Bonchev–Trinajstić information content (AvgIpc) is 2.37. The normalized spacial score (nSPS) is 16.3. The summed E-state index contributed by atoms with van der Waals surface area (Å²) in [5.74, 6) is 0. The molecule has 0 aliphatic carbocycles. The third-order valence-corrected chi connectivity index (χ3v) is 5.37. The second-order valence-electron chi connectivity index (χ2n) is 4.15. The van der Waals surface area contributed by atoms with Crippen molar-refractivity contribution in [1.29, 1.82) is 0 Å². The number of hydrogen-bond acceptors (Lipinski definition) is 2. The molecule has 3 atom stereocenters. The van der Waals surface area contributed by atoms with Crippen LogP contribution in [0.4, 0.5) is 0 Å². The zero-order valence-corrected chi connectivity index (χ0v) is 13.2. The van der Waals surface area contributed by atoms with Gasteiger partial charge in [-0.2, -0.15) is 0 Å². The molecule has 0 fully saturated rings. The zero-order chi connectivity index (χ0) is 13.7. The van der Waals surface area contributed by atoms with E-state index in [-0.39, 0.29) is 11.3 Å². The molecule has 1 N–H and O–H groups in total. The smallest absolute Gasteiger partial charge is 0.0592 e. The Morgan fingerprint density at radius 2 is 2.00 bits per heavy atom. The van der Waals surface area contributed by atoms with Crippen LogP contribution in [0.5, 0.6) is 0 Å². The molecule has 0 saturated heterocycles. The lowest BCUT2D eigenvalue weighted by molar-refractivity contribution is 0.500. The molecule has 0 saturated carbocycles. The standard InChI is InChI=1S/C13H19Cl2NOS/c1-4-12(16-5-2)9(3)18(17)13-8-10(14)6-7-11(13)15/h6-9,12,16H,4-5H2,1-3H3. The molecule has 18 heavy (non-hydrogen) atoms. The number of benzene rings is 1. The van der Waals surface area contributed by atoms with Crippen molar-refractivity contribution in [2.24, 2.45) is 0 Å². The summed E-state index contributed by atoms with van der Waals surface area (Å²) in [7, 11) is -1.16. The fraction of sp³-hybridized carbons (Fsp3) is 0.538. The molecular formula is C13H19Cl2NOS. The average molecular weight is 308 g/mol. The van der Waals surface area contributed by atoms with Gasteiger partial charge >= 0.3 is 0 Å². The van der Waals surface area contributed by atoms with Crippen LogP contribution in [0.15, 0.2) is 23.1 Å². The summed E-state index contributed by atoms with van der Waals surface area (Å²) in [6, 6.07) is 5.30. The van der Waals surface area contributed by atoms with Crippen molar-refractivity contribution >= 4 is 34.0 Å². The summed E-state index contributed by atoms with van der Waals surface area (Å²) in [5, 5.41) is 4.41. The van der Waals surface area contributed by atoms with Crippen LogP contribution in [0.3, 0.4) is 0 Å². The van der Waals surface area contributed by atoms with Crippen molar-refractivity contribution < 1.29 is 4.21 Å². The van der Waals surface area contributed by atoms with E-state index < -0.39 is 10.8 Å². The predicted molar refractivity (Wildman–Crippen MR) is 80.1 cm³/mol. The minimum absolute atomic E-state index is 0.00841. The highest BCUT2D eigenvalue weighted by atomic mass is 35.5. The van der Waals surface area contributed by atoms with Gasteiger partial charge in [-0.05, 0) is 38.1 Å². The van der Waals surface area contributed by atoms with Crippen molar-refractivity contribution in [2.75, 3.05) is 6.54 Å². The summed E-state index contributed by atoms with van der Waals surface area (Å²) in [6.07, 6.45) is 0.929. The first-order valence-electron chi connectivity index (χ1n) is 6.10. The lowest BCUT2D eigenvalue weighted by atomic mass is 10.2. The maximum absolute atomic E-state index is 12.5. The molecule has 1 rings (SSSR count). The van der Waals surface area contributed by atoms with E-state index in [1.165, 1.54) is 0 Å². The van der Waals surface area contributed by atoms with Crippen molar-refractivity contribution in [2.45, 2.75) is 43.4 Å². The van der Waals surface area contributed by atoms with Crippen LogP contribution in [-0.4, -0.2) is 22.0 Å². The van der Waals surface area contributed by atoms with Crippen LogP contribution in [-0.2, 0) is 10.8 Å². The molecule has 102 valence electrons. The van der Waals surface area contributed by atoms with Crippen LogP contribution >= 0.6 is 23.2 Å². The van der Waals surface area contributed by atoms with Gasteiger partial charge in [0.25, 0.3) is 0 Å². The Bertz CT molecular complexity index is 425. The van der Waals surface area contributed by atoms with E-state index in [4.69, 9.17) is 23.2 Å². The lowest BCUT2D eigenvalue weighted by Crippen LogP contribution is -2.40. The van der Waals surface area contributed by atoms with Gasteiger partial charge in [0.1, 0.15) is 0 Å². The Kier molecular flexibility index (Phi) is 6.64. The monoisotopic (exact) mass is 307 g/mol. The molecule has 2 nitrogen and oxygen atoms in total. The van der Waals surface area contributed by atoms with Crippen LogP contribution in [0.1, 0.15) is 27.2 Å². The van der Waals surface area contributed by atoms with E-state index in [2.05, 4.69) is 12.2 Å². The van der Waals surface area contributed by atoms with Gasteiger partial charge in [0.05, 0.1) is 26.0 Å². The number of halogens is 2. The van der Waals surface area contributed by atoms with Crippen molar-refractivity contribution in [3.8, 4) is 0 Å². The highest BCUT2D eigenvalue weighted by Crippen LogP contribution is 2.26. The van der Waals surface area contributed by atoms with Gasteiger partial charge in [0.2, 0.25) is 0 Å². The summed E-state index contributed by atoms with van der Waals surface area (Å²) >= 11 is 12.0. The zero-order valence-electron chi connectivity index (χ0n) is 10.9. The molecule has 0 aliphatic heterocycles. The fourth-order valence-corrected chi connectivity index (χ4v) is 3.96. The maximum Gasteiger partial charge on any atom is 0.0592 e. The van der Waals surface area contributed by atoms with E-state index >= 15 is 0 Å². The Balaban J connectivity index is 2.95. The van der Waals surface area contributed by atoms with E-state index in [9.17, 15) is 4.21 Å². The second kappa shape index (κ2) is 7.49. The third-order valence-electron chi connectivity index (χ3n) is 2.92. The summed E-state index contributed by atoms with van der Waals surface area (Å²) in [5.41, 5.74) is 0. The van der Waals surface area contributed by atoms with Gasteiger partial charge in [-0.15, -0.1) is 0 Å². The van der Waals surface area contributed by atoms with Crippen LogP contribution < -0.4 is 5.32 Å². The maximum atomic E-state index is 12.5. The topological polar surface area (TPSA) is 29.1 Å². The first-order valence-corrected chi connectivity index (χ1v) is 8.07. The minimum atomic E-state index is -1.16. The first-order chi connectivity index (χ1) is 8.51. The molecular weight excluding hydrogens is 289 g/mol. The first kappa shape index (κ1) is 16.0. The van der Waals surface area contributed by atoms with Crippen LogP contribution in [0, 0.1) is 0 Å². The lowest BCUT2D eigenvalue weighted by Gasteiger charge is -2.23. The molecule has 0 heterocycles. The molecule has 3 unspecified atom stereocenters. The molecule has 0 bridgehead atoms. The van der Waals surface area contributed by atoms with Crippen LogP contribution in [0.2, 0.25) is 10.0 Å². The van der Waals surface area contributed by atoms with Crippen molar-refractivity contribution in [3.05, 3.63) is 28.2 Å². The van der Waals surface area contributed by atoms with Gasteiger partial charge in [0.15, 0.2) is 0 Å². The van der Waals surface area contributed by atoms with E-state index in [0.717, 1.165) is 13.0 Å². The van der Waals surface area contributed by atoms with Crippen molar-refractivity contribution in [3.63, 3.8) is 0 Å². The Morgan fingerprint density at radius 3 is 2.56 bits per heavy atom. The van der Waals surface area contributed by atoms with Gasteiger partial charge in [-0.3, -0.25) is 4.21 Å². The Hall–Kier alpha value is -0.0900. The molecule has 0 aromatic heterocycles. The van der Waals surface area contributed by atoms with E-state index in [0.29, 0.717) is 14.9 Å². The summed E-state index contributed by atoms with van der Waals surface area (Å²) in [4.78, 5) is 0.619.